The third kappa shape index (κ3) is 3.33. The SMILES string of the molecule is CNc1ccc(Oc2ccnc3cc(OC)c(C(O)O)cc23)cc1F. The van der Waals surface area contributed by atoms with Gasteiger partial charge < -0.3 is 25.0 Å². The average molecular weight is 344 g/mol. The lowest BCUT2D eigenvalue weighted by Crippen LogP contribution is -2.00. The van der Waals surface area contributed by atoms with Gasteiger partial charge in [0.1, 0.15) is 23.1 Å². The van der Waals surface area contributed by atoms with E-state index >= 15 is 0 Å². The second kappa shape index (κ2) is 6.92. The van der Waals surface area contributed by atoms with Crippen LogP contribution in [0, 0.1) is 5.82 Å². The minimum absolute atomic E-state index is 0.185. The van der Waals surface area contributed by atoms with Crippen molar-refractivity contribution in [1.29, 1.82) is 0 Å². The Balaban J connectivity index is 2.07. The number of hydrogen-bond donors (Lipinski definition) is 3. The summed E-state index contributed by atoms with van der Waals surface area (Å²) in [7, 11) is 3.06. The van der Waals surface area contributed by atoms with Crippen molar-refractivity contribution < 1.29 is 24.1 Å². The van der Waals surface area contributed by atoms with Gasteiger partial charge >= 0.3 is 0 Å². The fraction of sp³-hybridized carbons (Fsp3) is 0.167. The van der Waals surface area contributed by atoms with E-state index < -0.39 is 12.1 Å². The zero-order chi connectivity index (χ0) is 18.0. The molecule has 25 heavy (non-hydrogen) atoms. The Labute approximate surface area is 143 Å². The molecule has 0 aliphatic heterocycles. The van der Waals surface area contributed by atoms with Crippen LogP contribution in [0.15, 0.2) is 42.6 Å². The highest BCUT2D eigenvalue weighted by molar-refractivity contribution is 5.87. The molecule has 0 spiro atoms. The molecule has 3 N–H and O–H groups in total. The highest BCUT2D eigenvalue weighted by atomic mass is 19.1. The van der Waals surface area contributed by atoms with Crippen molar-refractivity contribution in [2.24, 2.45) is 0 Å². The second-order valence-corrected chi connectivity index (χ2v) is 5.29. The lowest BCUT2D eigenvalue weighted by atomic mass is 10.1. The third-order valence-electron chi connectivity index (χ3n) is 3.77. The van der Waals surface area contributed by atoms with Gasteiger partial charge in [-0.15, -0.1) is 0 Å². The Hall–Kier alpha value is -2.90. The van der Waals surface area contributed by atoms with Gasteiger partial charge in [-0.25, -0.2) is 4.39 Å². The molecule has 6 nitrogen and oxygen atoms in total. The molecule has 3 aromatic rings. The lowest BCUT2D eigenvalue weighted by molar-refractivity contribution is -0.0438. The quantitative estimate of drug-likeness (QED) is 0.617. The normalized spacial score (nSPS) is 11.0. The van der Waals surface area contributed by atoms with Gasteiger partial charge in [-0.1, -0.05) is 0 Å². The van der Waals surface area contributed by atoms with Crippen LogP contribution in [-0.4, -0.2) is 29.4 Å². The summed E-state index contributed by atoms with van der Waals surface area (Å²) in [6.45, 7) is 0. The summed E-state index contributed by atoms with van der Waals surface area (Å²) in [6, 6.07) is 9.20. The van der Waals surface area contributed by atoms with Crippen LogP contribution in [0.1, 0.15) is 11.9 Å². The first-order chi connectivity index (χ1) is 12.0. The van der Waals surface area contributed by atoms with Crippen molar-refractivity contribution in [3.63, 3.8) is 0 Å². The number of rotatable bonds is 5. The smallest absolute Gasteiger partial charge is 0.182 e. The number of halogens is 1. The molecule has 7 heteroatoms. The van der Waals surface area contributed by atoms with Crippen molar-refractivity contribution in [2.75, 3.05) is 19.5 Å². The van der Waals surface area contributed by atoms with Crippen molar-refractivity contribution >= 4 is 16.6 Å². The third-order valence-corrected chi connectivity index (χ3v) is 3.77. The molecule has 3 rings (SSSR count). The maximum atomic E-state index is 13.9. The fourth-order valence-electron chi connectivity index (χ4n) is 2.52. The predicted octanol–water partition coefficient (Wildman–Crippen LogP) is 3.20. The molecule has 0 bridgehead atoms. The van der Waals surface area contributed by atoms with E-state index in [1.165, 1.54) is 19.2 Å². The van der Waals surface area contributed by atoms with Gasteiger partial charge in [0.05, 0.1) is 23.9 Å². The van der Waals surface area contributed by atoms with Gasteiger partial charge in [0.15, 0.2) is 6.29 Å². The Morgan fingerprint density at radius 2 is 1.92 bits per heavy atom. The number of fused-ring (bicyclic) bond motifs is 1. The monoisotopic (exact) mass is 344 g/mol. The molecule has 0 fully saturated rings. The summed E-state index contributed by atoms with van der Waals surface area (Å²) >= 11 is 0. The van der Waals surface area contributed by atoms with Crippen molar-refractivity contribution in [1.82, 2.24) is 4.98 Å². The molecular weight excluding hydrogens is 327 g/mol. The van der Waals surface area contributed by atoms with Crippen LogP contribution in [0.25, 0.3) is 10.9 Å². The molecule has 0 unspecified atom stereocenters. The zero-order valence-electron chi connectivity index (χ0n) is 13.7. The van der Waals surface area contributed by atoms with Crippen LogP contribution in [0.3, 0.4) is 0 Å². The van der Waals surface area contributed by atoms with Crippen LogP contribution >= 0.6 is 0 Å². The Morgan fingerprint density at radius 1 is 1.12 bits per heavy atom. The average Bonchev–Trinajstić information content (AvgIpc) is 2.61. The summed E-state index contributed by atoms with van der Waals surface area (Å²) < 4.78 is 24.8. The zero-order valence-corrected chi connectivity index (χ0v) is 13.7. The number of aromatic nitrogens is 1. The highest BCUT2D eigenvalue weighted by Crippen LogP contribution is 2.35. The summed E-state index contributed by atoms with van der Waals surface area (Å²) in [4.78, 5) is 4.23. The van der Waals surface area contributed by atoms with Crippen molar-refractivity contribution in [2.45, 2.75) is 6.29 Å². The summed E-state index contributed by atoms with van der Waals surface area (Å²) in [5.41, 5.74) is 1.10. The number of benzene rings is 2. The summed E-state index contributed by atoms with van der Waals surface area (Å²) in [5, 5.41) is 22.3. The van der Waals surface area contributed by atoms with Gasteiger partial charge in [0.2, 0.25) is 0 Å². The maximum Gasteiger partial charge on any atom is 0.182 e. The topological polar surface area (TPSA) is 83.8 Å². The lowest BCUT2D eigenvalue weighted by Gasteiger charge is -2.14. The number of methoxy groups -OCH3 is 1. The van der Waals surface area contributed by atoms with E-state index in [0.717, 1.165) is 0 Å². The minimum Gasteiger partial charge on any atom is -0.496 e. The first-order valence-electron chi connectivity index (χ1n) is 7.51. The molecule has 0 atom stereocenters. The fourth-order valence-corrected chi connectivity index (χ4v) is 2.52. The van der Waals surface area contributed by atoms with E-state index in [9.17, 15) is 14.6 Å². The molecule has 0 amide bonds. The Bertz CT molecular complexity index is 915. The van der Waals surface area contributed by atoms with Gasteiger partial charge in [-0.05, 0) is 24.3 Å². The molecule has 1 aromatic heterocycles. The Kier molecular flexibility index (Phi) is 4.69. The van der Waals surface area contributed by atoms with Gasteiger partial charge in [0.25, 0.3) is 0 Å². The Morgan fingerprint density at radius 3 is 2.56 bits per heavy atom. The number of anilines is 1. The molecule has 0 aliphatic carbocycles. The van der Waals surface area contributed by atoms with E-state index in [2.05, 4.69) is 10.3 Å². The van der Waals surface area contributed by atoms with E-state index in [1.807, 2.05) is 0 Å². The highest BCUT2D eigenvalue weighted by Gasteiger charge is 2.15. The van der Waals surface area contributed by atoms with Gasteiger partial charge in [0, 0.05) is 30.8 Å². The first-order valence-corrected chi connectivity index (χ1v) is 7.51. The standard InChI is InChI=1S/C18H17FN2O4/c1-20-14-4-3-10(7-13(14)19)25-16-5-6-21-15-9-17(24-2)12(18(22)23)8-11(15)16/h3-9,18,20,22-23H,1-2H3. The largest absolute Gasteiger partial charge is 0.496 e. The van der Waals surface area contributed by atoms with Crippen LogP contribution in [-0.2, 0) is 0 Å². The molecule has 0 aliphatic rings. The molecule has 0 saturated heterocycles. The first kappa shape index (κ1) is 16.9. The molecule has 1 heterocycles. The summed E-state index contributed by atoms with van der Waals surface area (Å²) in [5.74, 6) is 0.583. The van der Waals surface area contributed by atoms with Crippen LogP contribution < -0.4 is 14.8 Å². The number of pyridine rings is 1. The van der Waals surface area contributed by atoms with Crippen LogP contribution in [0.2, 0.25) is 0 Å². The number of ether oxygens (including phenoxy) is 2. The number of nitrogens with zero attached hydrogens (tertiary/aromatic N) is 1. The number of aliphatic hydroxyl groups excluding tert-OH is 1. The minimum atomic E-state index is -1.71. The molecule has 0 radical (unpaired) electrons. The number of aliphatic hydroxyl groups is 2. The molecule has 2 aromatic carbocycles. The van der Waals surface area contributed by atoms with Gasteiger partial charge in [-0.2, -0.15) is 0 Å². The number of nitrogens with one attached hydrogen (secondary N) is 1. The van der Waals surface area contributed by atoms with Crippen molar-refractivity contribution in [3.8, 4) is 17.2 Å². The summed E-state index contributed by atoms with van der Waals surface area (Å²) in [6.07, 6.45) is -0.162. The predicted molar refractivity (Wildman–Crippen MR) is 91.5 cm³/mol. The van der Waals surface area contributed by atoms with Crippen LogP contribution in [0.4, 0.5) is 10.1 Å². The second-order valence-electron chi connectivity index (χ2n) is 5.29. The van der Waals surface area contributed by atoms with Crippen molar-refractivity contribution in [3.05, 3.63) is 54.0 Å². The molecule has 130 valence electrons. The van der Waals surface area contributed by atoms with E-state index in [0.29, 0.717) is 33.8 Å². The van der Waals surface area contributed by atoms with Gasteiger partial charge in [-0.3, -0.25) is 4.98 Å². The number of hydrogen-bond acceptors (Lipinski definition) is 6. The van der Waals surface area contributed by atoms with E-state index in [1.54, 1.807) is 37.5 Å². The van der Waals surface area contributed by atoms with E-state index in [-0.39, 0.29) is 5.56 Å². The van der Waals surface area contributed by atoms with Crippen LogP contribution in [0.5, 0.6) is 17.2 Å². The molecule has 0 saturated carbocycles. The maximum absolute atomic E-state index is 13.9. The molecular formula is C18H17FN2O4. The van der Waals surface area contributed by atoms with E-state index in [4.69, 9.17) is 9.47 Å².